The van der Waals surface area contributed by atoms with E-state index < -0.39 is 0 Å². The summed E-state index contributed by atoms with van der Waals surface area (Å²) in [7, 11) is 1.74. The lowest BCUT2D eigenvalue weighted by molar-refractivity contribution is 0.409. The molecule has 1 atom stereocenters. The van der Waals surface area contributed by atoms with Crippen LogP contribution in [0.1, 0.15) is 44.2 Å². The second-order valence-electron chi connectivity index (χ2n) is 7.56. The van der Waals surface area contributed by atoms with Crippen LogP contribution in [0.4, 0.5) is 4.39 Å². The Hall–Kier alpha value is -2.81. The molecule has 2 aliphatic rings. The first-order valence-electron chi connectivity index (χ1n) is 10.3. The maximum absolute atomic E-state index is 12.7. The lowest BCUT2D eigenvalue weighted by Gasteiger charge is -2.21. The predicted molar refractivity (Wildman–Crippen MR) is 120 cm³/mol. The molecule has 152 valence electrons. The van der Waals surface area contributed by atoms with E-state index in [0.29, 0.717) is 5.92 Å². The molecule has 3 heteroatoms. The Balaban J connectivity index is 1.73. The lowest BCUT2D eigenvalue weighted by Crippen LogP contribution is -2.09. The summed E-state index contributed by atoms with van der Waals surface area (Å²) in [5.41, 5.74) is 4.96. The molecule has 0 saturated heterocycles. The van der Waals surface area contributed by atoms with Gasteiger partial charge in [0.25, 0.3) is 0 Å². The molecule has 0 aliphatic carbocycles. The highest BCUT2D eigenvalue weighted by Gasteiger charge is 2.18. The van der Waals surface area contributed by atoms with Crippen molar-refractivity contribution in [3.05, 3.63) is 95.8 Å². The number of rotatable bonds is 7. The lowest BCUT2D eigenvalue weighted by atomic mass is 9.91. The summed E-state index contributed by atoms with van der Waals surface area (Å²) in [6.45, 7) is 3.73. The Bertz CT molecular complexity index is 897. The van der Waals surface area contributed by atoms with E-state index in [1.54, 1.807) is 13.2 Å². The normalized spacial score (nSPS) is 19.1. The number of unbranched alkanes of at least 4 members (excludes halogenated alkanes) is 1. The minimum atomic E-state index is -0.168. The van der Waals surface area contributed by atoms with E-state index in [9.17, 15) is 4.39 Å². The second-order valence-corrected chi connectivity index (χ2v) is 7.56. The molecule has 29 heavy (non-hydrogen) atoms. The Kier molecular flexibility index (Phi) is 7.29. The summed E-state index contributed by atoms with van der Waals surface area (Å²) in [6, 6.07) is 6.55. The zero-order valence-corrected chi connectivity index (χ0v) is 17.6. The van der Waals surface area contributed by atoms with Crippen molar-refractivity contribution in [2.45, 2.75) is 39.5 Å². The number of fused-ring (bicyclic) bond motifs is 1. The van der Waals surface area contributed by atoms with Gasteiger partial charge in [0.1, 0.15) is 5.75 Å². The molecule has 2 nitrogen and oxygen atoms in total. The number of ether oxygens (including phenoxy) is 1. The summed E-state index contributed by atoms with van der Waals surface area (Å²) < 4.78 is 18.4. The number of benzene rings is 1. The van der Waals surface area contributed by atoms with Gasteiger partial charge in [0.05, 0.1) is 12.9 Å². The van der Waals surface area contributed by atoms with Gasteiger partial charge in [-0.2, -0.15) is 0 Å². The highest BCUT2D eigenvalue weighted by Crippen LogP contribution is 2.35. The van der Waals surface area contributed by atoms with Crippen molar-refractivity contribution in [2.75, 3.05) is 7.11 Å². The van der Waals surface area contributed by atoms with Crippen LogP contribution in [0.5, 0.6) is 5.75 Å². The molecule has 0 N–H and O–H groups in total. The predicted octanol–water partition coefficient (Wildman–Crippen LogP) is 7.10. The van der Waals surface area contributed by atoms with Gasteiger partial charge in [-0.25, -0.2) is 4.39 Å². The topological polar surface area (TPSA) is 12.5 Å². The first-order chi connectivity index (χ1) is 14.1. The monoisotopic (exact) mass is 391 g/mol. The molecule has 0 saturated carbocycles. The highest BCUT2D eigenvalue weighted by molar-refractivity contribution is 5.70. The minimum Gasteiger partial charge on any atom is -0.496 e. The van der Waals surface area contributed by atoms with Crippen LogP contribution >= 0.6 is 0 Å². The summed E-state index contributed by atoms with van der Waals surface area (Å²) in [5, 5.41) is 0. The SMILES string of the molecule is COc1cc(C2=CN3C=CC=CC3=CCC2C)ccc1CCC/C=C\C=C(/C)F. The number of hydrogen-bond donors (Lipinski definition) is 0. The molecule has 2 heterocycles. The number of aryl methyl sites for hydroxylation is 1. The van der Waals surface area contributed by atoms with Crippen LogP contribution in [0.25, 0.3) is 5.57 Å². The highest BCUT2D eigenvalue weighted by atomic mass is 19.1. The van der Waals surface area contributed by atoms with Gasteiger partial charge in [-0.3, -0.25) is 0 Å². The summed E-state index contributed by atoms with van der Waals surface area (Å²) in [4.78, 5) is 2.19. The number of nitrogens with zero attached hydrogens (tertiary/aromatic N) is 1. The fourth-order valence-corrected chi connectivity index (χ4v) is 3.66. The number of methoxy groups -OCH3 is 1. The van der Waals surface area contributed by atoms with E-state index >= 15 is 0 Å². The van der Waals surface area contributed by atoms with E-state index in [1.807, 2.05) is 6.08 Å². The van der Waals surface area contributed by atoms with Crippen LogP contribution in [0.15, 0.2) is 84.7 Å². The molecule has 0 spiro atoms. The molecule has 0 fully saturated rings. The van der Waals surface area contributed by atoms with Crippen LogP contribution < -0.4 is 4.74 Å². The van der Waals surface area contributed by atoms with E-state index in [4.69, 9.17) is 4.74 Å². The van der Waals surface area contributed by atoms with Gasteiger partial charge in [0, 0.05) is 18.1 Å². The quantitative estimate of drug-likeness (QED) is 0.363. The van der Waals surface area contributed by atoms with Gasteiger partial charge < -0.3 is 9.64 Å². The van der Waals surface area contributed by atoms with Crippen molar-refractivity contribution >= 4 is 5.57 Å². The van der Waals surface area contributed by atoms with E-state index in [0.717, 1.165) is 31.4 Å². The Labute approximate surface area is 174 Å². The van der Waals surface area contributed by atoms with Gasteiger partial charge in [-0.15, -0.1) is 0 Å². The van der Waals surface area contributed by atoms with Gasteiger partial charge in [-0.05, 0) is 79.5 Å². The average molecular weight is 392 g/mol. The number of allylic oxidation sites excluding steroid dienone is 9. The van der Waals surface area contributed by atoms with Gasteiger partial charge >= 0.3 is 0 Å². The van der Waals surface area contributed by atoms with Crippen LogP contribution in [0.2, 0.25) is 0 Å². The van der Waals surface area contributed by atoms with Crippen molar-refractivity contribution in [1.82, 2.24) is 4.90 Å². The minimum absolute atomic E-state index is 0.168. The van der Waals surface area contributed by atoms with Crippen molar-refractivity contribution in [1.29, 1.82) is 0 Å². The molecule has 0 amide bonds. The summed E-state index contributed by atoms with van der Waals surface area (Å²) in [5.74, 6) is 1.20. The van der Waals surface area contributed by atoms with Crippen LogP contribution in [-0.4, -0.2) is 12.0 Å². The molecule has 1 unspecified atom stereocenters. The maximum atomic E-state index is 12.7. The smallest absolute Gasteiger partial charge is 0.122 e. The van der Waals surface area contributed by atoms with Crippen LogP contribution in [0, 0.1) is 5.92 Å². The number of hydrogen-bond acceptors (Lipinski definition) is 2. The molecule has 0 radical (unpaired) electrons. The van der Waals surface area contributed by atoms with E-state index in [1.165, 1.54) is 35.4 Å². The maximum Gasteiger partial charge on any atom is 0.122 e. The van der Waals surface area contributed by atoms with Gasteiger partial charge in [-0.1, -0.05) is 43.4 Å². The Morgan fingerprint density at radius 1 is 1.31 bits per heavy atom. The molecule has 1 aromatic carbocycles. The fourth-order valence-electron chi connectivity index (χ4n) is 3.66. The third-order valence-electron chi connectivity index (χ3n) is 5.31. The molecule has 1 aromatic rings. The molecule has 0 aromatic heterocycles. The standard InChI is InChI=1S/C26H30FNO/c1-20-13-16-24-12-8-9-17-28(24)19-25(20)23-15-14-22(26(18-23)29-3)11-7-5-4-6-10-21(2)27/h4,6,8-10,12,14-20H,5,7,11,13H2,1-3H3/b6-4-,21-10+. The van der Waals surface area contributed by atoms with Crippen molar-refractivity contribution < 1.29 is 9.13 Å². The number of halogens is 1. The van der Waals surface area contributed by atoms with Crippen LogP contribution in [0.3, 0.4) is 0 Å². The van der Waals surface area contributed by atoms with Gasteiger partial charge in [0.15, 0.2) is 0 Å². The largest absolute Gasteiger partial charge is 0.496 e. The molecular weight excluding hydrogens is 361 g/mol. The first kappa shape index (κ1) is 20.9. The summed E-state index contributed by atoms with van der Waals surface area (Å²) in [6.07, 6.45) is 22.1. The fraction of sp³-hybridized carbons (Fsp3) is 0.308. The molecular formula is C26H30FNO. The first-order valence-corrected chi connectivity index (χ1v) is 10.3. The third kappa shape index (κ3) is 5.60. The van der Waals surface area contributed by atoms with Crippen molar-refractivity contribution in [2.24, 2.45) is 5.92 Å². The van der Waals surface area contributed by atoms with E-state index in [2.05, 4.69) is 66.7 Å². The zero-order chi connectivity index (χ0) is 20.6. The van der Waals surface area contributed by atoms with E-state index in [-0.39, 0.29) is 5.83 Å². The molecule has 0 bridgehead atoms. The third-order valence-corrected chi connectivity index (χ3v) is 5.31. The Morgan fingerprint density at radius 3 is 2.97 bits per heavy atom. The molecule has 3 rings (SSSR count). The zero-order valence-electron chi connectivity index (χ0n) is 17.6. The Morgan fingerprint density at radius 2 is 2.17 bits per heavy atom. The van der Waals surface area contributed by atoms with Crippen molar-refractivity contribution in [3.8, 4) is 5.75 Å². The average Bonchev–Trinajstić information content (AvgIpc) is 2.89. The molecule has 2 aliphatic heterocycles. The van der Waals surface area contributed by atoms with Crippen LogP contribution in [-0.2, 0) is 6.42 Å². The van der Waals surface area contributed by atoms with Gasteiger partial charge in [0.2, 0.25) is 0 Å². The second kappa shape index (κ2) is 10.1. The van der Waals surface area contributed by atoms with Crippen molar-refractivity contribution in [3.63, 3.8) is 0 Å². The summed E-state index contributed by atoms with van der Waals surface area (Å²) >= 11 is 0.